The van der Waals surface area contributed by atoms with Gasteiger partial charge in [0, 0.05) is 26.7 Å². The molecule has 1 aromatic rings. The molecular weight excluding hydrogens is 278 g/mol. The number of benzene rings is 1. The summed E-state index contributed by atoms with van der Waals surface area (Å²) >= 11 is 0. The monoisotopic (exact) mass is 299 g/mol. The standard InChI is InChI=1S/C14H21NO4S/c1-12-4-6-13(7-5-12)20(17,18)11-8-14(16)15-9-3-10-19-2/h4-7H,3,8-11H2,1-2H3,(H,15,16). The van der Waals surface area contributed by atoms with Crippen molar-refractivity contribution in [2.24, 2.45) is 0 Å². The zero-order chi connectivity index (χ0) is 15.0. The van der Waals surface area contributed by atoms with E-state index in [-0.39, 0.29) is 23.0 Å². The van der Waals surface area contributed by atoms with E-state index in [2.05, 4.69) is 5.32 Å². The molecular formula is C14H21NO4S. The fourth-order valence-electron chi connectivity index (χ4n) is 1.62. The van der Waals surface area contributed by atoms with Gasteiger partial charge in [0.25, 0.3) is 0 Å². The van der Waals surface area contributed by atoms with Crippen molar-refractivity contribution in [2.75, 3.05) is 26.0 Å². The first-order chi connectivity index (χ1) is 9.45. The Bertz CT molecular complexity index is 523. The van der Waals surface area contributed by atoms with Crippen molar-refractivity contribution in [1.82, 2.24) is 5.32 Å². The number of hydrogen-bond donors (Lipinski definition) is 1. The number of sulfone groups is 1. The maximum absolute atomic E-state index is 12.0. The number of amides is 1. The molecule has 0 spiro atoms. The first-order valence-electron chi connectivity index (χ1n) is 6.51. The summed E-state index contributed by atoms with van der Waals surface area (Å²) in [6, 6.07) is 6.64. The second-order valence-corrected chi connectivity index (χ2v) is 6.69. The molecule has 0 aromatic heterocycles. The van der Waals surface area contributed by atoms with Crippen LogP contribution in [0.1, 0.15) is 18.4 Å². The van der Waals surface area contributed by atoms with Crippen molar-refractivity contribution in [1.29, 1.82) is 0 Å². The molecule has 0 atom stereocenters. The second-order valence-electron chi connectivity index (χ2n) is 4.58. The van der Waals surface area contributed by atoms with E-state index in [1.165, 1.54) is 0 Å². The number of methoxy groups -OCH3 is 1. The number of nitrogens with one attached hydrogen (secondary N) is 1. The molecule has 6 heteroatoms. The van der Waals surface area contributed by atoms with Gasteiger partial charge in [-0.25, -0.2) is 8.42 Å². The van der Waals surface area contributed by atoms with Crippen LogP contribution in [0.3, 0.4) is 0 Å². The van der Waals surface area contributed by atoms with Crippen LogP contribution in [0.2, 0.25) is 0 Å². The summed E-state index contributed by atoms with van der Waals surface area (Å²) in [6.45, 7) is 2.96. The van der Waals surface area contributed by atoms with Crippen LogP contribution >= 0.6 is 0 Å². The first kappa shape index (κ1) is 16.7. The van der Waals surface area contributed by atoms with E-state index in [0.717, 1.165) is 5.56 Å². The van der Waals surface area contributed by atoms with Crippen molar-refractivity contribution in [3.63, 3.8) is 0 Å². The van der Waals surface area contributed by atoms with Gasteiger partial charge in [0.2, 0.25) is 5.91 Å². The third kappa shape index (κ3) is 5.71. The van der Waals surface area contributed by atoms with Gasteiger partial charge < -0.3 is 10.1 Å². The van der Waals surface area contributed by atoms with E-state index in [4.69, 9.17) is 4.74 Å². The first-order valence-corrected chi connectivity index (χ1v) is 8.16. The summed E-state index contributed by atoms with van der Waals surface area (Å²) in [5.41, 5.74) is 1.000. The van der Waals surface area contributed by atoms with Gasteiger partial charge >= 0.3 is 0 Å². The maximum atomic E-state index is 12.0. The molecule has 1 N–H and O–H groups in total. The molecule has 0 saturated heterocycles. The molecule has 20 heavy (non-hydrogen) atoms. The topological polar surface area (TPSA) is 72.5 Å². The fourth-order valence-corrected chi connectivity index (χ4v) is 2.86. The molecule has 1 aromatic carbocycles. The lowest BCUT2D eigenvalue weighted by Gasteiger charge is -2.06. The molecule has 1 amide bonds. The molecule has 0 aliphatic heterocycles. The number of carbonyl (C=O) groups excluding carboxylic acids is 1. The third-order valence-corrected chi connectivity index (χ3v) is 4.56. The summed E-state index contributed by atoms with van der Waals surface area (Å²) < 4.78 is 28.9. The van der Waals surface area contributed by atoms with Crippen molar-refractivity contribution in [3.05, 3.63) is 29.8 Å². The largest absolute Gasteiger partial charge is 0.385 e. The van der Waals surface area contributed by atoms with Crippen LogP contribution in [0.5, 0.6) is 0 Å². The van der Waals surface area contributed by atoms with Crippen LogP contribution in [0.4, 0.5) is 0 Å². The Morgan fingerprint density at radius 1 is 1.25 bits per heavy atom. The van der Waals surface area contributed by atoms with E-state index < -0.39 is 9.84 Å². The molecule has 0 bridgehead atoms. The van der Waals surface area contributed by atoms with Crippen LogP contribution in [0, 0.1) is 6.92 Å². The number of carbonyl (C=O) groups is 1. The summed E-state index contributed by atoms with van der Waals surface area (Å²) in [4.78, 5) is 11.8. The Balaban J connectivity index is 2.43. The van der Waals surface area contributed by atoms with Gasteiger partial charge in [-0.15, -0.1) is 0 Å². The number of hydrogen-bond acceptors (Lipinski definition) is 4. The Kier molecular flexibility index (Phi) is 6.67. The minimum absolute atomic E-state index is 0.0246. The average Bonchev–Trinajstić information content (AvgIpc) is 2.42. The highest BCUT2D eigenvalue weighted by atomic mass is 32.2. The smallest absolute Gasteiger partial charge is 0.221 e. The Labute approximate surface area is 120 Å². The normalized spacial score (nSPS) is 11.3. The summed E-state index contributed by atoms with van der Waals surface area (Å²) in [7, 11) is -1.80. The molecule has 0 aliphatic carbocycles. The van der Waals surface area contributed by atoms with E-state index in [1.54, 1.807) is 31.4 Å². The minimum Gasteiger partial charge on any atom is -0.385 e. The molecule has 0 heterocycles. The van der Waals surface area contributed by atoms with Crippen LogP contribution in [-0.2, 0) is 19.4 Å². The highest BCUT2D eigenvalue weighted by Gasteiger charge is 2.15. The van der Waals surface area contributed by atoms with Crippen LogP contribution in [0.25, 0.3) is 0 Å². The zero-order valence-electron chi connectivity index (χ0n) is 11.9. The summed E-state index contributed by atoms with van der Waals surface area (Å²) in [5, 5.41) is 2.67. The predicted molar refractivity (Wildman–Crippen MR) is 77.4 cm³/mol. The van der Waals surface area contributed by atoms with Crippen LogP contribution in [0.15, 0.2) is 29.2 Å². The van der Waals surface area contributed by atoms with E-state index in [9.17, 15) is 13.2 Å². The Morgan fingerprint density at radius 2 is 1.90 bits per heavy atom. The third-order valence-electron chi connectivity index (χ3n) is 2.83. The lowest BCUT2D eigenvalue weighted by molar-refractivity contribution is -0.120. The molecule has 112 valence electrons. The molecule has 0 saturated carbocycles. The summed E-state index contributed by atoms with van der Waals surface area (Å²) in [5.74, 6) is -0.427. The number of ether oxygens (including phenoxy) is 1. The second kappa shape index (κ2) is 8.01. The van der Waals surface area contributed by atoms with Crippen molar-refractivity contribution < 1.29 is 17.9 Å². The van der Waals surface area contributed by atoms with Gasteiger partial charge in [-0.2, -0.15) is 0 Å². The quantitative estimate of drug-likeness (QED) is 0.735. The van der Waals surface area contributed by atoms with E-state index in [0.29, 0.717) is 19.6 Å². The van der Waals surface area contributed by atoms with Crippen molar-refractivity contribution in [3.8, 4) is 0 Å². The molecule has 1 rings (SSSR count). The van der Waals surface area contributed by atoms with Crippen LogP contribution in [-0.4, -0.2) is 40.3 Å². The lowest BCUT2D eigenvalue weighted by Crippen LogP contribution is -2.27. The fraction of sp³-hybridized carbons (Fsp3) is 0.500. The van der Waals surface area contributed by atoms with Gasteiger partial charge in [0.05, 0.1) is 10.6 Å². The van der Waals surface area contributed by atoms with Gasteiger partial charge in [0.15, 0.2) is 9.84 Å². The average molecular weight is 299 g/mol. The van der Waals surface area contributed by atoms with Crippen molar-refractivity contribution >= 4 is 15.7 Å². The highest BCUT2D eigenvalue weighted by molar-refractivity contribution is 7.91. The van der Waals surface area contributed by atoms with Gasteiger partial charge in [-0.3, -0.25) is 4.79 Å². The molecule has 0 fully saturated rings. The Morgan fingerprint density at radius 3 is 2.50 bits per heavy atom. The summed E-state index contributed by atoms with van der Waals surface area (Å²) in [6.07, 6.45) is 0.691. The number of aryl methyl sites for hydroxylation is 1. The molecule has 0 unspecified atom stereocenters. The van der Waals surface area contributed by atoms with E-state index in [1.807, 2.05) is 6.92 Å². The minimum atomic E-state index is -3.39. The maximum Gasteiger partial charge on any atom is 0.221 e. The van der Waals surface area contributed by atoms with Gasteiger partial charge in [-0.05, 0) is 25.5 Å². The molecule has 0 aliphatic rings. The van der Waals surface area contributed by atoms with Gasteiger partial charge in [-0.1, -0.05) is 17.7 Å². The lowest BCUT2D eigenvalue weighted by atomic mass is 10.2. The van der Waals surface area contributed by atoms with E-state index >= 15 is 0 Å². The Hall–Kier alpha value is -1.40. The highest BCUT2D eigenvalue weighted by Crippen LogP contribution is 2.12. The number of rotatable bonds is 8. The molecule has 5 nitrogen and oxygen atoms in total. The van der Waals surface area contributed by atoms with Crippen LogP contribution < -0.4 is 5.32 Å². The van der Waals surface area contributed by atoms with Gasteiger partial charge in [0.1, 0.15) is 0 Å². The zero-order valence-corrected chi connectivity index (χ0v) is 12.7. The predicted octanol–water partition coefficient (Wildman–Crippen LogP) is 1.31. The molecule has 0 radical (unpaired) electrons. The van der Waals surface area contributed by atoms with Crippen molar-refractivity contribution in [2.45, 2.75) is 24.7 Å². The SMILES string of the molecule is COCCCNC(=O)CCS(=O)(=O)c1ccc(C)cc1.